The second-order valence-electron chi connectivity index (χ2n) is 5.11. The second kappa shape index (κ2) is 4.04. The molecule has 3 rings (SSSR count). The molecule has 0 radical (unpaired) electrons. The summed E-state index contributed by atoms with van der Waals surface area (Å²) < 4.78 is 11.1. The Labute approximate surface area is 106 Å². The summed E-state index contributed by atoms with van der Waals surface area (Å²) in [5.41, 5.74) is 7.31. The average Bonchev–Trinajstić information content (AvgIpc) is 2.77. The predicted octanol–water partition coefficient (Wildman–Crippen LogP) is -0.943. The third kappa shape index (κ3) is 1.86. The van der Waals surface area contributed by atoms with E-state index in [2.05, 4.69) is 0 Å². The molecule has 4 N–H and O–H groups in total. The normalized spacial score (nSPS) is 23.9. The Morgan fingerprint density at radius 3 is 2.11 bits per heavy atom. The van der Waals surface area contributed by atoms with Crippen LogP contribution in [0.15, 0.2) is 24.3 Å². The van der Waals surface area contributed by atoms with Gasteiger partial charge in [0.15, 0.2) is 5.79 Å². The van der Waals surface area contributed by atoms with Crippen LogP contribution in [-0.2, 0) is 15.0 Å². The van der Waals surface area contributed by atoms with Crippen LogP contribution in [0.25, 0.3) is 0 Å². The van der Waals surface area contributed by atoms with Crippen LogP contribution in [0.4, 0.5) is 0 Å². The van der Waals surface area contributed by atoms with Gasteiger partial charge in [-0.05, 0) is 11.0 Å². The van der Waals surface area contributed by atoms with Crippen LogP contribution in [-0.4, -0.2) is 36.2 Å². The monoisotopic (exact) mass is 249 g/mol. The van der Waals surface area contributed by atoms with E-state index in [0.717, 1.165) is 5.56 Å². The van der Waals surface area contributed by atoms with Gasteiger partial charge in [-0.3, -0.25) is 0 Å². The van der Waals surface area contributed by atoms with Crippen LogP contribution in [0.3, 0.4) is 0 Å². The molecule has 0 atom stereocenters. The van der Waals surface area contributed by atoms with Gasteiger partial charge in [0.05, 0.1) is 18.8 Å². The summed E-state index contributed by atoms with van der Waals surface area (Å²) in [7, 11) is -1.44. The minimum Gasteiger partial charge on any atom is -0.423 e. The van der Waals surface area contributed by atoms with Crippen molar-refractivity contribution in [1.29, 1.82) is 0 Å². The zero-order chi connectivity index (χ0) is 12.8. The van der Waals surface area contributed by atoms with Crippen molar-refractivity contribution in [2.45, 2.75) is 24.2 Å². The molecule has 1 heterocycles. The van der Waals surface area contributed by atoms with Gasteiger partial charge >= 0.3 is 7.12 Å². The van der Waals surface area contributed by atoms with E-state index in [1.165, 1.54) is 0 Å². The van der Waals surface area contributed by atoms with Gasteiger partial charge in [-0.1, -0.05) is 24.3 Å². The summed E-state index contributed by atoms with van der Waals surface area (Å²) >= 11 is 0. The first kappa shape index (κ1) is 12.1. The van der Waals surface area contributed by atoms with Crippen molar-refractivity contribution in [3.8, 4) is 0 Å². The minimum atomic E-state index is -1.44. The molecule has 1 saturated heterocycles. The van der Waals surface area contributed by atoms with E-state index in [4.69, 9.17) is 25.3 Å². The molecule has 96 valence electrons. The van der Waals surface area contributed by atoms with Crippen molar-refractivity contribution in [2.75, 3.05) is 13.2 Å². The van der Waals surface area contributed by atoms with E-state index in [1.54, 1.807) is 12.1 Å². The topological polar surface area (TPSA) is 84.9 Å². The first-order chi connectivity index (χ1) is 8.53. The minimum absolute atomic E-state index is 0.441. The highest BCUT2D eigenvalue weighted by Crippen LogP contribution is 2.50. The predicted molar refractivity (Wildman–Crippen MR) is 66.0 cm³/mol. The number of benzene rings is 1. The van der Waals surface area contributed by atoms with Crippen LogP contribution in [0.1, 0.15) is 18.4 Å². The summed E-state index contributed by atoms with van der Waals surface area (Å²) in [6.45, 7) is 1.26. The second-order valence-corrected chi connectivity index (χ2v) is 5.11. The number of ether oxygens (including phenoxy) is 2. The summed E-state index contributed by atoms with van der Waals surface area (Å²) in [4.78, 5) is 0. The molecule has 0 bridgehead atoms. The van der Waals surface area contributed by atoms with Gasteiger partial charge in [0.2, 0.25) is 0 Å². The summed E-state index contributed by atoms with van der Waals surface area (Å²) in [5.74, 6) is -0.482. The summed E-state index contributed by atoms with van der Waals surface area (Å²) in [5, 5.41) is 18.1. The van der Waals surface area contributed by atoms with Gasteiger partial charge in [0, 0.05) is 12.8 Å². The van der Waals surface area contributed by atoms with Crippen molar-refractivity contribution < 1.29 is 19.5 Å². The molecule has 1 aliphatic heterocycles. The Morgan fingerprint density at radius 2 is 1.61 bits per heavy atom. The molecule has 1 saturated carbocycles. The van der Waals surface area contributed by atoms with E-state index < -0.39 is 18.4 Å². The van der Waals surface area contributed by atoms with E-state index >= 15 is 0 Å². The van der Waals surface area contributed by atoms with Gasteiger partial charge in [0.25, 0.3) is 0 Å². The smallest absolute Gasteiger partial charge is 0.423 e. The molecule has 1 aliphatic carbocycles. The van der Waals surface area contributed by atoms with Crippen LogP contribution in [0, 0.1) is 0 Å². The van der Waals surface area contributed by atoms with Crippen molar-refractivity contribution >= 4 is 12.6 Å². The lowest BCUT2D eigenvalue weighted by Crippen LogP contribution is -2.60. The SMILES string of the molecule is NC1(c2ccc(B(O)O)cc2)CC2(C1)OCCO2. The fourth-order valence-corrected chi connectivity index (χ4v) is 2.80. The van der Waals surface area contributed by atoms with Crippen LogP contribution >= 0.6 is 0 Å². The zero-order valence-electron chi connectivity index (χ0n) is 10.0. The van der Waals surface area contributed by atoms with Crippen LogP contribution < -0.4 is 11.2 Å². The standard InChI is InChI=1S/C12H16BNO4/c14-11(7-12(8-11)17-5-6-18-12)9-1-3-10(4-2-9)13(15)16/h1-4,15-16H,5-8,14H2. The quantitative estimate of drug-likeness (QED) is 0.589. The van der Waals surface area contributed by atoms with Gasteiger partial charge < -0.3 is 25.3 Å². The van der Waals surface area contributed by atoms with Gasteiger partial charge in [-0.2, -0.15) is 0 Å². The van der Waals surface area contributed by atoms with E-state index in [1.807, 2.05) is 12.1 Å². The largest absolute Gasteiger partial charge is 0.488 e. The maximum atomic E-state index is 9.04. The molecule has 1 spiro atoms. The molecule has 2 fully saturated rings. The molecule has 18 heavy (non-hydrogen) atoms. The van der Waals surface area contributed by atoms with Crippen molar-refractivity contribution in [3.05, 3.63) is 29.8 Å². The van der Waals surface area contributed by atoms with E-state index in [9.17, 15) is 0 Å². The highest BCUT2D eigenvalue weighted by atomic mass is 16.7. The maximum absolute atomic E-state index is 9.04. The third-order valence-electron chi connectivity index (χ3n) is 3.77. The third-order valence-corrected chi connectivity index (χ3v) is 3.77. The highest BCUT2D eigenvalue weighted by molar-refractivity contribution is 6.58. The zero-order valence-corrected chi connectivity index (χ0v) is 10.0. The van der Waals surface area contributed by atoms with Crippen molar-refractivity contribution in [2.24, 2.45) is 5.73 Å². The molecule has 0 amide bonds. The fourth-order valence-electron chi connectivity index (χ4n) is 2.80. The highest BCUT2D eigenvalue weighted by Gasteiger charge is 2.57. The lowest BCUT2D eigenvalue weighted by atomic mass is 9.67. The van der Waals surface area contributed by atoms with Crippen LogP contribution in [0.2, 0.25) is 0 Å². The maximum Gasteiger partial charge on any atom is 0.488 e. The Balaban J connectivity index is 1.75. The molecule has 5 nitrogen and oxygen atoms in total. The van der Waals surface area contributed by atoms with Crippen molar-refractivity contribution in [1.82, 2.24) is 0 Å². The lowest BCUT2D eigenvalue weighted by molar-refractivity contribution is -0.239. The number of nitrogens with two attached hydrogens (primary N) is 1. The van der Waals surface area contributed by atoms with E-state index in [-0.39, 0.29) is 0 Å². The summed E-state index contributed by atoms with van der Waals surface area (Å²) in [6.07, 6.45) is 1.28. The molecular weight excluding hydrogens is 233 g/mol. The molecule has 1 aromatic rings. The molecular formula is C12H16BNO4. The Morgan fingerprint density at radius 1 is 1.06 bits per heavy atom. The number of hydrogen-bond donors (Lipinski definition) is 3. The fraction of sp³-hybridized carbons (Fsp3) is 0.500. The first-order valence-electron chi connectivity index (χ1n) is 6.06. The molecule has 2 aliphatic rings. The molecule has 6 heteroatoms. The molecule has 1 aromatic carbocycles. The molecule has 0 aromatic heterocycles. The van der Waals surface area contributed by atoms with Gasteiger partial charge in [-0.15, -0.1) is 0 Å². The Hall–Kier alpha value is -0.915. The first-order valence-corrected chi connectivity index (χ1v) is 6.06. The summed E-state index contributed by atoms with van der Waals surface area (Å²) in [6, 6.07) is 7.01. The van der Waals surface area contributed by atoms with Crippen LogP contribution in [0.5, 0.6) is 0 Å². The Bertz CT molecular complexity index is 434. The van der Waals surface area contributed by atoms with E-state index in [0.29, 0.717) is 31.5 Å². The van der Waals surface area contributed by atoms with Gasteiger partial charge in [-0.25, -0.2) is 0 Å². The average molecular weight is 249 g/mol. The molecule has 0 unspecified atom stereocenters. The van der Waals surface area contributed by atoms with Gasteiger partial charge in [0.1, 0.15) is 0 Å². The Kier molecular flexibility index (Phi) is 2.73. The number of hydrogen-bond acceptors (Lipinski definition) is 5. The number of rotatable bonds is 2. The van der Waals surface area contributed by atoms with Crippen molar-refractivity contribution in [3.63, 3.8) is 0 Å². The lowest BCUT2D eigenvalue weighted by Gasteiger charge is -2.50.